The number of para-hydroxylation sites is 1. The number of hydrogen-bond acceptors (Lipinski definition) is 1. The van der Waals surface area contributed by atoms with E-state index >= 15 is 0 Å². The zero-order valence-corrected chi connectivity index (χ0v) is 39.2. The third-order valence-electron chi connectivity index (χ3n) is 14.7. The molecule has 1 aliphatic carbocycles. The van der Waals surface area contributed by atoms with Gasteiger partial charge in [0.25, 0.3) is 0 Å². The Morgan fingerprint density at radius 3 is 1.14 bits per heavy atom. The van der Waals surface area contributed by atoms with E-state index in [9.17, 15) is 0 Å². The molecule has 0 radical (unpaired) electrons. The second kappa shape index (κ2) is 16.8. The summed E-state index contributed by atoms with van der Waals surface area (Å²) in [5.41, 5.74) is 26.0. The van der Waals surface area contributed by atoms with Crippen molar-refractivity contribution in [2.45, 2.75) is 19.3 Å². The lowest BCUT2D eigenvalue weighted by atomic mass is 9.82. The van der Waals surface area contributed by atoms with Gasteiger partial charge in [-0.3, -0.25) is 0 Å². The van der Waals surface area contributed by atoms with E-state index in [0.29, 0.717) is 0 Å². The van der Waals surface area contributed by atoms with E-state index in [-0.39, 0.29) is 5.41 Å². The van der Waals surface area contributed by atoms with Gasteiger partial charge in [0.05, 0.1) is 0 Å². The molecule has 1 heterocycles. The van der Waals surface area contributed by atoms with Gasteiger partial charge in [-0.15, -0.1) is 0 Å². The van der Waals surface area contributed by atoms with Gasteiger partial charge in [-0.1, -0.05) is 226 Å². The summed E-state index contributed by atoms with van der Waals surface area (Å²) in [6.07, 6.45) is 0. The summed E-state index contributed by atoms with van der Waals surface area (Å²) in [4.78, 5) is 0. The smallest absolute Gasteiger partial charge is 0.143 e. The molecule has 0 fully saturated rings. The van der Waals surface area contributed by atoms with Crippen molar-refractivity contribution >= 4 is 21.9 Å². The maximum atomic E-state index is 6.98. The maximum absolute atomic E-state index is 6.98. The van der Waals surface area contributed by atoms with Gasteiger partial charge in [-0.25, -0.2) is 0 Å². The first kappa shape index (κ1) is 41.4. The Labute approximate surface area is 409 Å². The lowest BCUT2D eigenvalue weighted by molar-refractivity contribution is 0.660. The summed E-state index contributed by atoms with van der Waals surface area (Å²) in [7, 11) is 0. The molecule has 1 heteroatoms. The van der Waals surface area contributed by atoms with E-state index in [1.807, 2.05) is 0 Å². The quantitative estimate of drug-likeness (QED) is 0.148. The summed E-state index contributed by atoms with van der Waals surface area (Å²) in [6.45, 7) is 4.68. The highest BCUT2D eigenvalue weighted by Gasteiger charge is 2.35. The Hall–Kier alpha value is -8.78. The molecule has 0 bridgehead atoms. The SMILES string of the molecule is CC1(C)c2ccccc2-c2cc(-c3cccc(-c4cccc(-c5cccc(-c6cccc(-c7cccc(-c8ccc(-c9ccccc9)c9oc%10c(-c%11ccccc%11)cccc%10c89)c7)c6)c5)c4)c3)ccc21. The Kier molecular flexibility index (Phi) is 9.92. The van der Waals surface area contributed by atoms with Gasteiger partial charge < -0.3 is 4.42 Å². The van der Waals surface area contributed by atoms with Gasteiger partial charge in [0.15, 0.2) is 0 Å². The fourth-order valence-corrected chi connectivity index (χ4v) is 11.1. The van der Waals surface area contributed by atoms with Crippen LogP contribution >= 0.6 is 0 Å². The molecule has 0 N–H and O–H groups in total. The third-order valence-corrected chi connectivity index (χ3v) is 14.7. The molecular formula is C69H48O. The van der Waals surface area contributed by atoms with Crippen molar-refractivity contribution in [2.24, 2.45) is 0 Å². The van der Waals surface area contributed by atoms with Crippen LogP contribution in [0.1, 0.15) is 25.0 Å². The molecule has 13 rings (SSSR count). The van der Waals surface area contributed by atoms with Crippen molar-refractivity contribution in [2.75, 3.05) is 0 Å². The van der Waals surface area contributed by atoms with Crippen LogP contribution in [0.5, 0.6) is 0 Å². The normalized spacial score (nSPS) is 12.5. The van der Waals surface area contributed by atoms with Crippen LogP contribution in [0.15, 0.2) is 259 Å². The lowest BCUT2D eigenvalue weighted by Crippen LogP contribution is -2.14. The Morgan fingerprint density at radius 1 is 0.243 bits per heavy atom. The molecule has 1 aliphatic rings. The molecule has 12 aromatic rings. The first-order valence-corrected chi connectivity index (χ1v) is 24.3. The molecule has 0 atom stereocenters. The van der Waals surface area contributed by atoms with Gasteiger partial charge in [0.1, 0.15) is 11.2 Å². The van der Waals surface area contributed by atoms with Gasteiger partial charge >= 0.3 is 0 Å². The van der Waals surface area contributed by atoms with Crippen LogP contribution in [0, 0.1) is 0 Å². The molecule has 70 heavy (non-hydrogen) atoms. The van der Waals surface area contributed by atoms with E-state index in [4.69, 9.17) is 4.42 Å². The van der Waals surface area contributed by atoms with Gasteiger partial charge in [0, 0.05) is 27.3 Å². The molecular weight excluding hydrogens is 845 g/mol. The predicted octanol–water partition coefficient (Wildman–Crippen LogP) is 19.2. The highest BCUT2D eigenvalue weighted by molar-refractivity contribution is 6.18. The minimum atomic E-state index is -0.00396. The lowest BCUT2D eigenvalue weighted by Gasteiger charge is -2.21. The number of fused-ring (bicyclic) bond motifs is 6. The molecule has 0 spiro atoms. The first-order chi connectivity index (χ1) is 34.4. The second-order valence-corrected chi connectivity index (χ2v) is 19.2. The summed E-state index contributed by atoms with van der Waals surface area (Å²) in [5, 5.41) is 2.24. The molecule has 0 amide bonds. The van der Waals surface area contributed by atoms with Crippen LogP contribution in [-0.4, -0.2) is 0 Å². The standard InChI is InChI=1S/C69H48O/c1-69(2)64-34-10-9-31-61(64)63-44-56(35-38-65(63)69)54-28-14-26-52(42-54)50-24-12-22-48(40-50)47-21-11-23-49(39-47)51-25-13-27-53(41-51)55-29-15-30-57(43-55)58-36-37-60(46-19-7-4-8-20-46)68-66(58)62-33-16-32-59(67(62)70-68)45-17-5-3-6-18-45/h3-44H,1-2H3. The van der Waals surface area contributed by atoms with Crippen LogP contribution < -0.4 is 0 Å². The van der Waals surface area contributed by atoms with E-state index in [1.54, 1.807) is 0 Å². The highest BCUT2D eigenvalue weighted by atomic mass is 16.3. The van der Waals surface area contributed by atoms with E-state index in [0.717, 1.165) is 60.9 Å². The average molecular weight is 893 g/mol. The van der Waals surface area contributed by atoms with Crippen molar-refractivity contribution in [3.63, 3.8) is 0 Å². The fourth-order valence-electron chi connectivity index (χ4n) is 11.1. The zero-order chi connectivity index (χ0) is 46.8. The van der Waals surface area contributed by atoms with Crippen molar-refractivity contribution in [3.05, 3.63) is 266 Å². The molecule has 0 aliphatic heterocycles. The van der Waals surface area contributed by atoms with Gasteiger partial charge in [-0.2, -0.15) is 0 Å². The number of furan rings is 1. The molecule has 330 valence electrons. The Morgan fingerprint density at radius 2 is 0.614 bits per heavy atom. The zero-order valence-electron chi connectivity index (χ0n) is 39.2. The molecule has 0 saturated carbocycles. The molecule has 11 aromatic carbocycles. The molecule has 1 aromatic heterocycles. The highest BCUT2D eigenvalue weighted by Crippen LogP contribution is 2.50. The first-order valence-electron chi connectivity index (χ1n) is 24.3. The minimum Gasteiger partial charge on any atom is -0.455 e. The maximum Gasteiger partial charge on any atom is 0.143 e. The summed E-state index contributed by atoms with van der Waals surface area (Å²) >= 11 is 0. The minimum absolute atomic E-state index is 0.00396. The average Bonchev–Trinajstić information content (AvgIpc) is 3.93. The van der Waals surface area contributed by atoms with Crippen molar-refractivity contribution in [1.29, 1.82) is 0 Å². The van der Waals surface area contributed by atoms with E-state index < -0.39 is 0 Å². The van der Waals surface area contributed by atoms with Crippen LogP contribution in [0.2, 0.25) is 0 Å². The monoisotopic (exact) mass is 892 g/mol. The number of hydrogen-bond donors (Lipinski definition) is 0. The molecule has 0 saturated heterocycles. The van der Waals surface area contributed by atoms with Gasteiger partial charge in [-0.05, 0) is 143 Å². The van der Waals surface area contributed by atoms with Crippen LogP contribution in [-0.2, 0) is 5.41 Å². The largest absolute Gasteiger partial charge is 0.455 e. The third kappa shape index (κ3) is 7.09. The Balaban J connectivity index is 0.823. The van der Waals surface area contributed by atoms with Crippen molar-refractivity contribution < 1.29 is 4.42 Å². The molecule has 1 nitrogen and oxygen atoms in total. The van der Waals surface area contributed by atoms with Crippen LogP contribution in [0.4, 0.5) is 0 Å². The second-order valence-electron chi connectivity index (χ2n) is 19.2. The van der Waals surface area contributed by atoms with Crippen LogP contribution in [0.25, 0.3) is 122 Å². The van der Waals surface area contributed by atoms with Crippen molar-refractivity contribution in [1.82, 2.24) is 0 Å². The summed E-state index contributed by atoms with van der Waals surface area (Å²) in [6, 6.07) is 92.9. The molecule has 0 unspecified atom stereocenters. The summed E-state index contributed by atoms with van der Waals surface area (Å²) in [5.74, 6) is 0. The van der Waals surface area contributed by atoms with Crippen LogP contribution in [0.3, 0.4) is 0 Å². The predicted molar refractivity (Wildman–Crippen MR) is 295 cm³/mol. The Bertz CT molecular complexity index is 3960. The van der Waals surface area contributed by atoms with Gasteiger partial charge in [0.2, 0.25) is 0 Å². The number of benzene rings is 11. The fraction of sp³-hybridized carbons (Fsp3) is 0.0435. The number of rotatable bonds is 8. The van der Waals surface area contributed by atoms with E-state index in [2.05, 4.69) is 269 Å². The van der Waals surface area contributed by atoms with Crippen molar-refractivity contribution in [3.8, 4) is 100 Å². The summed E-state index contributed by atoms with van der Waals surface area (Å²) < 4.78 is 6.98. The van der Waals surface area contributed by atoms with E-state index in [1.165, 1.54) is 72.3 Å². The topological polar surface area (TPSA) is 13.1 Å².